The van der Waals surface area contributed by atoms with Crippen molar-refractivity contribution in [3.63, 3.8) is 0 Å². The van der Waals surface area contributed by atoms with Gasteiger partial charge in [-0.15, -0.1) is 0 Å². The van der Waals surface area contributed by atoms with Crippen LogP contribution in [0.3, 0.4) is 0 Å². The number of ether oxygens (including phenoxy) is 2. The Labute approximate surface area is 238 Å². The van der Waals surface area contributed by atoms with E-state index < -0.39 is 29.9 Å². The summed E-state index contributed by atoms with van der Waals surface area (Å²) < 4.78 is 10.4. The van der Waals surface area contributed by atoms with Crippen LogP contribution in [0, 0.1) is 11.3 Å². The highest BCUT2D eigenvalue weighted by molar-refractivity contribution is 6.31. The summed E-state index contributed by atoms with van der Waals surface area (Å²) in [5, 5.41) is 6.88. The second-order valence-corrected chi connectivity index (χ2v) is 11.9. The number of carbonyl (C=O) groups excluding carboxylic acids is 4. The number of esters is 1. The van der Waals surface area contributed by atoms with Crippen LogP contribution >= 0.6 is 11.6 Å². The van der Waals surface area contributed by atoms with Crippen LogP contribution in [0.15, 0.2) is 18.2 Å². The van der Waals surface area contributed by atoms with E-state index in [-0.39, 0.29) is 23.7 Å². The maximum atomic E-state index is 14.0. The number of halogens is 1. The van der Waals surface area contributed by atoms with Crippen LogP contribution in [-0.2, 0) is 19.1 Å². The number of hydrogen-bond donors (Lipinski definition) is 3. The molecule has 1 aromatic heterocycles. The molecule has 3 aliphatic rings. The van der Waals surface area contributed by atoms with Crippen molar-refractivity contribution >= 4 is 46.2 Å². The third-order valence-corrected chi connectivity index (χ3v) is 9.04. The van der Waals surface area contributed by atoms with Crippen molar-refractivity contribution in [1.29, 1.82) is 0 Å². The molecule has 2 saturated heterocycles. The number of nitrogens with zero attached hydrogens (tertiary/aromatic N) is 1. The van der Waals surface area contributed by atoms with Crippen LogP contribution in [0.4, 0.5) is 0 Å². The number of hydrogen-bond acceptors (Lipinski definition) is 6. The number of H-pyrrole nitrogens is 1. The molecule has 3 N–H and O–H groups in total. The van der Waals surface area contributed by atoms with Crippen LogP contribution in [0.5, 0.6) is 5.75 Å². The van der Waals surface area contributed by atoms with Gasteiger partial charge in [0.25, 0.3) is 5.91 Å². The van der Waals surface area contributed by atoms with E-state index in [4.69, 9.17) is 21.1 Å². The highest BCUT2D eigenvalue weighted by Crippen LogP contribution is 2.47. The van der Waals surface area contributed by atoms with Gasteiger partial charge >= 0.3 is 5.97 Å². The lowest BCUT2D eigenvalue weighted by atomic mass is 9.72. The molecule has 10 nitrogen and oxygen atoms in total. The first-order chi connectivity index (χ1) is 19.2. The third kappa shape index (κ3) is 5.64. The first-order valence-electron chi connectivity index (χ1n) is 14.1. The molecule has 5 rings (SSSR count). The number of aromatic nitrogens is 1. The van der Waals surface area contributed by atoms with Crippen molar-refractivity contribution in [2.24, 2.45) is 11.3 Å². The SMILES string of the molecule is COC(=O)[C@H](C[C@@H]1CCCNC1=O)NC(=O)C1CC2(CCCCC2)CN1C(=O)c1cc2c(OC)cc(Cl)cc2[nH]1. The molecule has 1 unspecified atom stereocenters. The lowest BCUT2D eigenvalue weighted by molar-refractivity contribution is -0.146. The maximum Gasteiger partial charge on any atom is 0.328 e. The third-order valence-electron chi connectivity index (χ3n) is 8.82. The number of nitrogens with one attached hydrogen (secondary N) is 3. The van der Waals surface area contributed by atoms with Gasteiger partial charge in [-0.25, -0.2) is 4.79 Å². The van der Waals surface area contributed by atoms with Crippen LogP contribution in [0.25, 0.3) is 10.9 Å². The first-order valence-corrected chi connectivity index (χ1v) is 14.4. The topological polar surface area (TPSA) is 130 Å². The van der Waals surface area contributed by atoms with Gasteiger partial charge in [-0.05, 0) is 62.1 Å². The lowest BCUT2D eigenvalue weighted by Crippen LogP contribution is -2.52. The Morgan fingerprint density at radius 1 is 1.15 bits per heavy atom. The fourth-order valence-corrected chi connectivity index (χ4v) is 6.96. The average molecular weight is 573 g/mol. The molecule has 2 aliphatic heterocycles. The van der Waals surface area contributed by atoms with Gasteiger partial charge in [-0.2, -0.15) is 0 Å². The van der Waals surface area contributed by atoms with Gasteiger partial charge < -0.3 is 30.0 Å². The summed E-state index contributed by atoms with van der Waals surface area (Å²) >= 11 is 6.23. The Bertz CT molecular complexity index is 1300. The summed E-state index contributed by atoms with van der Waals surface area (Å²) in [5.74, 6) is -1.27. The van der Waals surface area contributed by atoms with Gasteiger partial charge in [0.15, 0.2) is 0 Å². The smallest absolute Gasteiger partial charge is 0.328 e. The first kappa shape index (κ1) is 28.3. The van der Waals surface area contributed by atoms with Gasteiger partial charge in [0, 0.05) is 29.4 Å². The van der Waals surface area contributed by atoms with E-state index in [1.807, 2.05) is 0 Å². The van der Waals surface area contributed by atoms with Crippen molar-refractivity contribution in [3.05, 3.63) is 28.9 Å². The number of piperidine rings is 1. The van der Waals surface area contributed by atoms with Gasteiger partial charge in [0.1, 0.15) is 23.5 Å². The second-order valence-electron chi connectivity index (χ2n) is 11.4. The predicted molar refractivity (Wildman–Crippen MR) is 149 cm³/mol. The minimum Gasteiger partial charge on any atom is -0.496 e. The zero-order valence-corrected chi connectivity index (χ0v) is 23.8. The molecule has 11 heteroatoms. The van der Waals surface area contributed by atoms with Crippen LogP contribution in [-0.4, -0.2) is 73.0 Å². The van der Waals surface area contributed by atoms with Crippen LogP contribution in [0.1, 0.15) is 68.3 Å². The second kappa shape index (κ2) is 11.7. The predicted octanol–water partition coefficient (Wildman–Crippen LogP) is 3.57. The van der Waals surface area contributed by atoms with Gasteiger partial charge in [-0.3, -0.25) is 14.4 Å². The van der Waals surface area contributed by atoms with E-state index in [1.165, 1.54) is 7.11 Å². The molecule has 3 amide bonds. The Morgan fingerprint density at radius 3 is 2.62 bits per heavy atom. The lowest BCUT2D eigenvalue weighted by Gasteiger charge is -2.32. The summed E-state index contributed by atoms with van der Waals surface area (Å²) in [5.41, 5.74) is 0.855. The largest absolute Gasteiger partial charge is 0.496 e. The molecule has 3 heterocycles. The van der Waals surface area contributed by atoms with Crippen molar-refractivity contribution in [2.75, 3.05) is 27.3 Å². The van der Waals surface area contributed by atoms with Crippen molar-refractivity contribution in [2.45, 2.75) is 69.9 Å². The molecule has 1 aliphatic carbocycles. The van der Waals surface area contributed by atoms with E-state index in [1.54, 1.807) is 30.2 Å². The van der Waals surface area contributed by atoms with E-state index >= 15 is 0 Å². The van der Waals surface area contributed by atoms with Crippen molar-refractivity contribution in [1.82, 2.24) is 20.5 Å². The molecule has 1 aromatic carbocycles. The maximum absolute atomic E-state index is 14.0. The van der Waals surface area contributed by atoms with Gasteiger partial charge in [-0.1, -0.05) is 30.9 Å². The molecule has 1 saturated carbocycles. The average Bonchev–Trinajstić information content (AvgIpc) is 3.55. The quantitative estimate of drug-likeness (QED) is 0.435. The Kier molecular flexibility index (Phi) is 8.26. The normalized spacial score (nSPS) is 23.1. The zero-order valence-electron chi connectivity index (χ0n) is 23.0. The molecule has 3 fully saturated rings. The number of methoxy groups -OCH3 is 2. The number of carbonyl (C=O) groups is 4. The fourth-order valence-electron chi connectivity index (χ4n) is 6.75. The molecule has 3 atom stereocenters. The van der Waals surface area contributed by atoms with E-state index in [0.29, 0.717) is 47.9 Å². The standard InChI is InChI=1S/C29H37ClN4O6/c1-39-24-13-18(30)12-20-19(24)14-21(32-20)27(37)34-16-29(8-4-3-5-9-29)15-23(34)26(36)33-22(28(38)40-2)11-17-7-6-10-31-25(17)35/h12-14,17,22-23,32H,3-11,15-16H2,1-2H3,(H,31,35)(H,33,36)/t17-,22-,23?/m0/s1. The fraction of sp³-hybridized carbons (Fsp3) is 0.586. The molecule has 2 aromatic rings. The zero-order chi connectivity index (χ0) is 28.4. The molecule has 1 spiro atoms. The molecule has 216 valence electrons. The number of aromatic amines is 1. The molecule has 0 bridgehead atoms. The van der Waals surface area contributed by atoms with Gasteiger partial charge in [0.2, 0.25) is 11.8 Å². The highest BCUT2D eigenvalue weighted by Gasteiger charge is 2.49. The molecular formula is C29H37ClN4O6. The minimum atomic E-state index is -0.981. The molecular weight excluding hydrogens is 536 g/mol. The van der Waals surface area contributed by atoms with Crippen molar-refractivity contribution in [3.8, 4) is 5.75 Å². The summed E-state index contributed by atoms with van der Waals surface area (Å²) in [6.07, 6.45) is 7.27. The van der Waals surface area contributed by atoms with Crippen LogP contribution < -0.4 is 15.4 Å². The summed E-state index contributed by atoms with van der Waals surface area (Å²) in [6.45, 7) is 1.07. The number of amides is 3. The van der Waals surface area contributed by atoms with E-state index in [2.05, 4.69) is 15.6 Å². The summed E-state index contributed by atoms with van der Waals surface area (Å²) in [4.78, 5) is 57.7. The Hall–Kier alpha value is -3.27. The number of likely N-dealkylation sites (tertiary alicyclic amines) is 1. The minimum absolute atomic E-state index is 0.123. The Balaban J connectivity index is 1.41. The van der Waals surface area contributed by atoms with Crippen molar-refractivity contribution < 1.29 is 28.7 Å². The summed E-state index contributed by atoms with van der Waals surface area (Å²) in [7, 11) is 2.81. The monoisotopic (exact) mass is 572 g/mol. The highest BCUT2D eigenvalue weighted by atomic mass is 35.5. The number of fused-ring (bicyclic) bond motifs is 1. The van der Waals surface area contributed by atoms with Gasteiger partial charge in [0.05, 0.1) is 19.7 Å². The molecule has 40 heavy (non-hydrogen) atoms. The van der Waals surface area contributed by atoms with E-state index in [9.17, 15) is 19.2 Å². The van der Waals surface area contributed by atoms with Crippen LogP contribution in [0.2, 0.25) is 5.02 Å². The summed E-state index contributed by atoms with van der Waals surface area (Å²) in [6, 6.07) is 3.41. The number of rotatable bonds is 7. The Morgan fingerprint density at radius 2 is 1.93 bits per heavy atom. The molecule has 0 radical (unpaired) electrons. The van der Waals surface area contributed by atoms with E-state index in [0.717, 1.165) is 43.9 Å². The number of benzene rings is 1.